The van der Waals surface area contributed by atoms with Crippen molar-refractivity contribution in [3.05, 3.63) is 0 Å². The summed E-state index contributed by atoms with van der Waals surface area (Å²) in [5.41, 5.74) is 6.02. The lowest BCUT2D eigenvalue weighted by atomic mass is 9.85. The molecule has 1 fully saturated rings. The van der Waals surface area contributed by atoms with Crippen LogP contribution < -0.4 is 11.1 Å². The number of rotatable bonds is 7. The van der Waals surface area contributed by atoms with Gasteiger partial charge in [-0.1, -0.05) is 40.0 Å². The Kier molecular flexibility index (Phi) is 7.67. The first-order valence-corrected chi connectivity index (χ1v) is 8.53. The molecule has 1 atom stereocenters. The van der Waals surface area contributed by atoms with Crippen LogP contribution in [0, 0.1) is 5.41 Å². The third kappa shape index (κ3) is 7.28. The molecule has 1 aliphatic rings. The Morgan fingerprint density at radius 2 is 1.90 bits per heavy atom. The third-order valence-electron chi connectivity index (χ3n) is 4.73. The molecule has 0 aromatic rings. The fourth-order valence-corrected chi connectivity index (χ4v) is 2.84. The van der Waals surface area contributed by atoms with Gasteiger partial charge in [-0.15, -0.1) is 0 Å². The van der Waals surface area contributed by atoms with Crippen LogP contribution in [0.2, 0.25) is 0 Å². The van der Waals surface area contributed by atoms with Gasteiger partial charge in [-0.05, 0) is 38.3 Å². The second-order valence-corrected chi connectivity index (χ2v) is 7.65. The molecule has 4 heteroatoms. The van der Waals surface area contributed by atoms with E-state index in [-0.39, 0.29) is 17.4 Å². The standard InChI is InChI=1S/C17H35N3O/c1-17(2,3)15(18)13-16(21)19-11-8-12-20(4)14-9-6-5-7-10-14/h14-15H,5-13,18H2,1-4H3,(H,19,21). The van der Waals surface area contributed by atoms with E-state index in [1.807, 2.05) is 0 Å². The molecule has 0 aliphatic heterocycles. The van der Waals surface area contributed by atoms with Crippen molar-refractivity contribution in [1.82, 2.24) is 10.2 Å². The number of nitrogens with one attached hydrogen (secondary N) is 1. The molecular formula is C17H35N3O. The number of hydrogen-bond acceptors (Lipinski definition) is 3. The zero-order valence-electron chi connectivity index (χ0n) is 14.5. The van der Waals surface area contributed by atoms with Crippen molar-refractivity contribution in [2.75, 3.05) is 20.1 Å². The number of carbonyl (C=O) groups is 1. The van der Waals surface area contributed by atoms with E-state index in [1.54, 1.807) is 0 Å². The minimum Gasteiger partial charge on any atom is -0.356 e. The maximum Gasteiger partial charge on any atom is 0.221 e. The van der Waals surface area contributed by atoms with Gasteiger partial charge in [-0.3, -0.25) is 4.79 Å². The Bertz CT molecular complexity index is 306. The summed E-state index contributed by atoms with van der Waals surface area (Å²) in [4.78, 5) is 14.3. The van der Waals surface area contributed by atoms with Crippen molar-refractivity contribution in [3.8, 4) is 0 Å². The van der Waals surface area contributed by atoms with Gasteiger partial charge >= 0.3 is 0 Å². The van der Waals surface area contributed by atoms with Crippen LogP contribution in [0.25, 0.3) is 0 Å². The molecular weight excluding hydrogens is 262 g/mol. The predicted molar refractivity (Wildman–Crippen MR) is 89.2 cm³/mol. The van der Waals surface area contributed by atoms with Crippen LogP contribution in [-0.2, 0) is 4.79 Å². The minimum atomic E-state index is -0.0811. The molecule has 1 saturated carbocycles. The summed E-state index contributed by atoms with van der Waals surface area (Å²) in [6.45, 7) is 8.04. The van der Waals surface area contributed by atoms with Crippen LogP contribution in [0.15, 0.2) is 0 Å². The highest BCUT2D eigenvalue weighted by Gasteiger charge is 2.23. The Morgan fingerprint density at radius 1 is 1.29 bits per heavy atom. The molecule has 1 aliphatic carbocycles. The molecule has 1 rings (SSSR count). The first kappa shape index (κ1) is 18.4. The van der Waals surface area contributed by atoms with E-state index in [1.165, 1.54) is 32.1 Å². The predicted octanol–water partition coefficient (Wildman–Crippen LogP) is 2.52. The molecule has 21 heavy (non-hydrogen) atoms. The molecule has 3 N–H and O–H groups in total. The molecule has 1 unspecified atom stereocenters. The highest BCUT2D eigenvalue weighted by molar-refractivity contribution is 5.76. The minimum absolute atomic E-state index is 0.0153. The molecule has 0 radical (unpaired) electrons. The van der Waals surface area contributed by atoms with Crippen LogP contribution in [0.4, 0.5) is 0 Å². The fraction of sp³-hybridized carbons (Fsp3) is 0.941. The van der Waals surface area contributed by atoms with Gasteiger partial charge in [0, 0.05) is 25.0 Å². The van der Waals surface area contributed by atoms with Crippen molar-refractivity contribution in [2.45, 2.75) is 77.8 Å². The van der Waals surface area contributed by atoms with Crippen molar-refractivity contribution in [1.29, 1.82) is 0 Å². The lowest BCUT2D eigenvalue weighted by Gasteiger charge is -2.31. The molecule has 0 bridgehead atoms. The lowest BCUT2D eigenvalue weighted by molar-refractivity contribution is -0.121. The summed E-state index contributed by atoms with van der Waals surface area (Å²) in [5.74, 6) is 0.0812. The van der Waals surface area contributed by atoms with Crippen LogP contribution in [-0.4, -0.2) is 43.0 Å². The summed E-state index contributed by atoms with van der Waals surface area (Å²) in [6, 6.07) is 0.672. The Morgan fingerprint density at radius 3 is 2.48 bits per heavy atom. The second-order valence-electron chi connectivity index (χ2n) is 7.65. The van der Waals surface area contributed by atoms with Gasteiger partial charge in [-0.2, -0.15) is 0 Å². The Labute approximate surface area is 130 Å². The van der Waals surface area contributed by atoms with E-state index in [2.05, 4.69) is 38.0 Å². The van der Waals surface area contributed by atoms with E-state index >= 15 is 0 Å². The zero-order chi connectivity index (χ0) is 15.9. The summed E-state index contributed by atoms with van der Waals surface area (Å²) >= 11 is 0. The van der Waals surface area contributed by atoms with E-state index in [0.717, 1.165) is 25.6 Å². The highest BCUT2D eigenvalue weighted by Crippen LogP contribution is 2.21. The number of amides is 1. The summed E-state index contributed by atoms with van der Waals surface area (Å²) < 4.78 is 0. The maximum atomic E-state index is 11.8. The van der Waals surface area contributed by atoms with Gasteiger partial charge < -0.3 is 16.0 Å². The average Bonchev–Trinajstić information content (AvgIpc) is 2.43. The molecule has 4 nitrogen and oxygen atoms in total. The van der Waals surface area contributed by atoms with Gasteiger partial charge in [-0.25, -0.2) is 0 Å². The molecule has 1 amide bonds. The fourth-order valence-electron chi connectivity index (χ4n) is 2.84. The molecule has 0 saturated heterocycles. The van der Waals surface area contributed by atoms with Gasteiger partial charge in [0.15, 0.2) is 0 Å². The number of carbonyl (C=O) groups excluding carboxylic acids is 1. The second kappa shape index (κ2) is 8.74. The normalized spacial score (nSPS) is 18.8. The van der Waals surface area contributed by atoms with Gasteiger partial charge in [0.25, 0.3) is 0 Å². The van der Waals surface area contributed by atoms with Gasteiger partial charge in [0.2, 0.25) is 5.91 Å². The largest absolute Gasteiger partial charge is 0.356 e. The highest BCUT2D eigenvalue weighted by atomic mass is 16.1. The van der Waals surface area contributed by atoms with Gasteiger partial charge in [0.05, 0.1) is 0 Å². The number of nitrogens with zero attached hydrogens (tertiary/aromatic N) is 1. The summed E-state index contributed by atoms with van der Waals surface area (Å²) in [6.07, 6.45) is 8.25. The summed E-state index contributed by atoms with van der Waals surface area (Å²) in [5, 5.41) is 3.00. The van der Waals surface area contributed by atoms with Gasteiger partial charge in [0.1, 0.15) is 0 Å². The molecule has 0 spiro atoms. The van der Waals surface area contributed by atoms with Crippen molar-refractivity contribution in [2.24, 2.45) is 11.1 Å². The molecule has 124 valence electrons. The monoisotopic (exact) mass is 297 g/mol. The van der Waals surface area contributed by atoms with Crippen LogP contribution in [0.5, 0.6) is 0 Å². The third-order valence-corrected chi connectivity index (χ3v) is 4.73. The Balaban J connectivity index is 2.11. The van der Waals surface area contributed by atoms with E-state index in [4.69, 9.17) is 5.73 Å². The van der Waals surface area contributed by atoms with E-state index < -0.39 is 0 Å². The Hall–Kier alpha value is -0.610. The zero-order valence-corrected chi connectivity index (χ0v) is 14.5. The quantitative estimate of drug-likeness (QED) is 0.710. The number of nitrogens with two attached hydrogens (primary N) is 1. The summed E-state index contributed by atoms with van der Waals surface area (Å²) in [7, 11) is 2.22. The van der Waals surface area contributed by atoms with Crippen LogP contribution >= 0.6 is 0 Å². The van der Waals surface area contributed by atoms with E-state index in [0.29, 0.717) is 6.42 Å². The first-order valence-electron chi connectivity index (χ1n) is 8.53. The maximum absolute atomic E-state index is 11.8. The lowest BCUT2D eigenvalue weighted by Crippen LogP contribution is -2.41. The topological polar surface area (TPSA) is 58.4 Å². The van der Waals surface area contributed by atoms with Crippen LogP contribution in [0.1, 0.15) is 65.7 Å². The van der Waals surface area contributed by atoms with Crippen molar-refractivity contribution >= 4 is 5.91 Å². The SMILES string of the molecule is CN(CCCNC(=O)CC(N)C(C)(C)C)C1CCCCC1. The van der Waals surface area contributed by atoms with E-state index in [9.17, 15) is 4.79 Å². The molecule has 0 aromatic carbocycles. The molecule has 0 heterocycles. The molecule has 0 aromatic heterocycles. The first-order chi connectivity index (χ1) is 9.80. The smallest absolute Gasteiger partial charge is 0.221 e. The number of hydrogen-bond donors (Lipinski definition) is 2. The van der Waals surface area contributed by atoms with Crippen LogP contribution in [0.3, 0.4) is 0 Å². The average molecular weight is 297 g/mol. The van der Waals surface area contributed by atoms with Crippen molar-refractivity contribution < 1.29 is 4.79 Å². The van der Waals surface area contributed by atoms with Crippen molar-refractivity contribution in [3.63, 3.8) is 0 Å².